The minimum absolute atomic E-state index is 0.0268. The number of carbonyl (C=O) groups is 2. The molecule has 5 rings (SSSR count). The van der Waals surface area contributed by atoms with Gasteiger partial charge in [0.2, 0.25) is 0 Å². The second-order valence-corrected chi connectivity index (χ2v) is 8.49. The summed E-state index contributed by atoms with van der Waals surface area (Å²) in [5.74, 6) is 0.347. The van der Waals surface area contributed by atoms with Crippen molar-refractivity contribution in [2.45, 2.75) is 13.0 Å². The third kappa shape index (κ3) is 3.71. The first kappa shape index (κ1) is 20.2. The summed E-state index contributed by atoms with van der Waals surface area (Å²) in [4.78, 5) is 41.0. The standard InChI is InChI=1S/C23H21N5O3S/c1-15-14-27(22(29)16-5-3-2-4-6-16)10-11-28(15)23(30)31-18-13-26-19-17(7-8-24-20(18)19)21-25-9-12-32-21/h2-9,12-13,15,26H,10-11,14H2,1H3/t15-/m1/s1. The van der Waals surface area contributed by atoms with Crippen LogP contribution in [0.3, 0.4) is 0 Å². The van der Waals surface area contributed by atoms with E-state index in [0.717, 1.165) is 16.1 Å². The highest BCUT2D eigenvalue weighted by atomic mass is 32.1. The average molecular weight is 448 g/mol. The molecule has 2 amide bonds. The number of nitrogens with zero attached hydrogens (tertiary/aromatic N) is 4. The van der Waals surface area contributed by atoms with Crippen molar-refractivity contribution in [3.05, 3.63) is 65.9 Å². The molecule has 1 atom stereocenters. The maximum Gasteiger partial charge on any atom is 0.415 e. The van der Waals surface area contributed by atoms with Crippen LogP contribution in [0.2, 0.25) is 0 Å². The number of ether oxygens (including phenoxy) is 1. The molecule has 0 unspecified atom stereocenters. The number of aromatic nitrogens is 3. The fourth-order valence-corrected chi connectivity index (χ4v) is 4.61. The Kier molecular flexibility index (Phi) is 5.32. The van der Waals surface area contributed by atoms with E-state index in [0.29, 0.717) is 36.5 Å². The van der Waals surface area contributed by atoms with Crippen molar-refractivity contribution in [1.29, 1.82) is 0 Å². The fraction of sp³-hybridized carbons (Fsp3) is 0.217. The number of H-pyrrole nitrogens is 1. The number of amides is 2. The second-order valence-electron chi connectivity index (χ2n) is 7.60. The molecule has 1 N–H and O–H groups in total. The van der Waals surface area contributed by atoms with E-state index in [1.54, 1.807) is 40.5 Å². The van der Waals surface area contributed by atoms with Gasteiger partial charge in [-0.15, -0.1) is 11.3 Å². The lowest BCUT2D eigenvalue weighted by atomic mass is 10.1. The van der Waals surface area contributed by atoms with Gasteiger partial charge < -0.3 is 19.5 Å². The van der Waals surface area contributed by atoms with Gasteiger partial charge >= 0.3 is 6.09 Å². The Morgan fingerprint density at radius 3 is 2.72 bits per heavy atom. The van der Waals surface area contributed by atoms with E-state index in [-0.39, 0.29) is 11.9 Å². The first-order valence-corrected chi connectivity index (χ1v) is 11.2. The number of hydrogen-bond donors (Lipinski definition) is 1. The van der Waals surface area contributed by atoms with Gasteiger partial charge in [-0.2, -0.15) is 0 Å². The van der Waals surface area contributed by atoms with Gasteiger partial charge in [0.05, 0.1) is 5.52 Å². The Bertz CT molecular complexity index is 1260. The third-order valence-corrected chi connectivity index (χ3v) is 6.37. The molecule has 32 heavy (non-hydrogen) atoms. The number of thiazole rings is 1. The summed E-state index contributed by atoms with van der Waals surface area (Å²) in [6.45, 7) is 3.22. The summed E-state index contributed by atoms with van der Waals surface area (Å²) in [6, 6.07) is 10.9. The van der Waals surface area contributed by atoms with Crippen molar-refractivity contribution >= 4 is 34.4 Å². The van der Waals surface area contributed by atoms with Crippen molar-refractivity contribution < 1.29 is 14.3 Å². The Balaban J connectivity index is 1.29. The number of piperazine rings is 1. The molecular weight excluding hydrogens is 426 g/mol. The van der Waals surface area contributed by atoms with E-state index >= 15 is 0 Å². The zero-order valence-corrected chi connectivity index (χ0v) is 18.2. The van der Waals surface area contributed by atoms with E-state index in [4.69, 9.17) is 4.74 Å². The van der Waals surface area contributed by atoms with Crippen molar-refractivity contribution in [3.8, 4) is 16.3 Å². The molecule has 9 heteroatoms. The van der Waals surface area contributed by atoms with Crippen molar-refractivity contribution in [3.63, 3.8) is 0 Å². The topological polar surface area (TPSA) is 91.4 Å². The lowest BCUT2D eigenvalue weighted by molar-refractivity contribution is 0.0522. The number of carbonyl (C=O) groups excluding carboxylic acids is 2. The highest BCUT2D eigenvalue weighted by Crippen LogP contribution is 2.33. The minimum Gasteiger partial charge on any atom is -0.406 e. The molecule has 1 aliphatic heterocycles. The number of fused-ring (bicyclic) bond motifs is 1. The van der Waals surface area contributed by atoms with Crippen LogP contribution in [0.1, 0.15) is 17.3 Å². The van der Waals surface area contributed by atoms with Crippen LogP contribution >= 0.6 is 11.3 Å². The van der Waals surface area contributed by atoms with E-state index in [9.17, 15) is 9.59 Å². The Labute approximate surface area is 188 Å². The van der Waals surface area contributed by atoms with Gasteiger partial charge in [-0.3, -0.25) is 9.78 Å². The molecule has 0 spiro atoms. The fourth-order valence-electron chi connectivity index (χ4n) is 3.94. The third-order valence-electron chi connectivity index (χ3n) is 5.56. The SMILES string of the molecule is C[C@@H]1CN(C(=O)c2ccccc2)CCN1C(=O)Oc1c[nH]c2c(-c3nccs3)ccnc12. The molecule has 1 aliphatic rings. The van der Waals surface area contributed by atoms with Gasteiger partial charge in [0, 0.05) is 60.8 Å². The maximum atomic E-state index is 12.9. The van der Waals surface area contributed by atoms with Crippen LogP contribution in [-0.2, 0) is 0 Å². The average Bonchev–Trinajstić information content (AvgIpc) is 3.49. The number of hydrogen-bond acceptors (Lipinski definition) is 6. The summed E-state index contributed by atoms with van der Waals surface area (Å²) in [5.41, 5.74) is 2.92. The molecule has 1 saturated heterocycles. The minimum atomic E-state index is -0.452. The number of pyridine rings is 1. The molecule has 0 bridgehead atoms. The first-order valence-electron chi connectivity index (χ1n) is 10.3. The van der Waals surface area contributed by atoms with E-state index in [1.807, 2.05) is 36.6 Å². The molecule has 162 valence electrons. The molecule has 1 fully saturated rings. The normalized spacial score (nSPS) is 16.3. The maximum absolute atomic E-state index is 12.9. The molecule has 1 aromatic carbocycles. The molecule has 4 aromatic rings. The van der Waals surface area contributed by atoms with Gasteiger partial charge in [-0.25, -0.2) is 9.78 Å². The number of aromatic amines is 1. The summed E-state index contributed by atoms with van der Waals surface area (Å²) >= 11 is 1.53. The predicted octanol–water partition coefficient (Wildman–Crippen LogP) is 4.03. The zero-order chi connectivity index (χ0) is 22.1. The number of nitrogens with one attached hydrogen (secondary N) is 1. The smallest absolute Gasteiger partial charge is 0.406 e. The predicted molar refractivity (Wildman–Crippen MR) is 122 cm³/mol. The van der Waals surface area contributed by atoms with Crippen LogP contribution in [0.25, 0.3) is 21.6 Å². The Hall–Kier alpha value is -3.72. The molecular formula is C23H21N5O3S. The van der Waals surface area contributed by atoms with Gasteiger partial charge in [-0.05, 0) is 25.1 Å². The lowest BCUT2D eigenvalue weighted by Crippen LogP contribution is -2.56. The molecule has 8 nitrogen and oxygen atoms in total. The summed E-state index contributed by atoms with van der Waals surface area (Å²) in [5, 5.41) is 2.78. The van der Waals surface area contributed by atoms with Crippen LogP contribution in [-0.4, -0.2) is 62.4 Å². The summed E-state index contributed by atoms with van der Waals surface area (Å²) < 4.78 is 5.70. The summed E-state index contributed by atoms with van der Waals surface area (Å²) in [7, 11) is 0. The molecule has 0 saturated carbocycles. The van der Waals surface area contributed by atoms with Crippen LogP contribution in [0.4, 0.5) is 4.79 Å². The van der Waals surface area contributed by atoms with Crippen LogP contribution in [0, 0.1) is 0 Å². The molecule has 4 heterocycles. The van der Waals surface area contributed by atoms with Crippen LogP contribution in [0.5, 0.6) is 5.75 Å². The largest absolute Gasteiger partial charge is 0.415 e. The second kappa shape index (κ2) is 8.43. The van der Waals surface area contributed by atoms with Gasteiger partial charge in [0.1, 0.15) is 10.5 Å². The Morgan fingerprint density at radius 2 is 1.97 bits per heavy atom. The van der Waals surface area contributed by atoms with Crippen LogP contribution in [0.15, 0.2) is 60.4 Å². The molecule has 0 radical (unpaired) electrons. The quantitative estimate of drug-likeness (QED) is 0.512. The van der Waals surface area contributed by atoms with Gasteiger partial charge in [-0.1, -0.05) is 18.2 Å². The van der Waals surface area contributed by atoms with E-state index < -0.39 is 6.09 Å². The monoisotopic (exact) mass is 447 g/mol. The number of rotatable bonds is 3. The van der Waals surface area contributed by atoms with Gasteiger partial charge in [0.15, 0.2) is 5.75 Å². The van der Waals surface area contributed by atoms with Crippen LogP contribution < -0.4 is 4.74 Å². The van der Waals surface area contributed by atoms with Crippen molar-refractivity contribution in [2.75, 3.05) is 19.6 Å². The zero-order valence-electron chi connectivity index (χ0n) is 17.4. The van der Waals surface area contributed by atoms with Gasteiger partial charge in [0.25, 0.3) is 5.91 Å². The highest BCUT2D eigenvalue weighted by molar-refractivity contribution is 7.13. The molecule has 3 aromatic heterocycles. The first-order chi connectivity index (χ1) is 15.6. The Morgan fingerprint density at radius 1 is 1.12 bits per heavy atom. The summed E-state index contributed by atoms with van der Waals surface area (Å²) in [6.07, 6.45) is 4.62. The van der Waals surface area contributed by atoms with Crippen molar-refractivity contribution in [2.24, 2.45) is 0 Å². The van der Waals surface area contributed by atoms with E-state index in [2.05, 4.69) is 15.0 Å². The number of benzene rings is 1. The lowest BCUT2D eigenvalue weighted by Gasteiger charge is -2.39. The van der Waals surface area contributed by atoms with Crippen molar-refractivity contribution in [1.82, 2.24) is 24.8 Å². The highest BCUT2D eigenvalue weighted by Gasteiger charge is 2.31. The molecule has 0 aliphatic carbocycles. The van der Waals surface area contributed by atoms with E-state index in [1.165, 1.54) is 11.3 Å².